The van der Waals surface area contributed by atoms with Crippen LogP contribution in [0.5, 0.6) is 5.75 Å². The van der Waals surface area contributed by atoms with Gasteiger partial charge in [-0.15, -0.1) is 20.5 Å². The number of aromatic nitrogens is 1. The van der Waals surface area contributed by atoms with E-state index in [1.54, 1.807) is 19.2 Å². The third-order valence-corrected chi connectivity index (χ3v) is 3.03. The number of hydrogen-bond donors (Lipinski definition) is 1. The van der Waals surface area contributed by atoms with Crippen molar-refractivity contribution in [3.8, 4) is 5.75 Å². The molecule has 0 saturated heterocycles. The molecule has 0 radical (unpaired) electrons. The van der Waals surface area contributed by atoms with Gasteiger partial charge in [0.25, 0.3) is 0 Å². The SMILES string of the molecule is COc1ccc(N=Nc2ccc(N=Nc3ccccc3)[nH]2)cc1. The molecule has 0 fully saturated rings. The van der Waals surface area contributed by atoms with E-state index >= 15 is 0 Å². The molecule has 1 heterocycles. The maximum Gasteiger partial charge on any atom is 0.154 e. The van der Waals surface area contributed by atoms with Crippen molar-refractivity contribution in [2.75, 3.05) is 7.11 Å². The van der Waals surface area contributed by atoms with E-state index in [1.165, 1.54) is 0 Å². The smallest absolute Gasteiger partial charge is 0.154 e. The largest absolute Gasteiger partial charge is 0.497 e. The van der Waals surface area contributed by atoms with Crippen molar-refractivity contribution in [3.63, 3.8) is 0 Å². The lowest BCUT2D eigenvalue weighted by Gasteiger charge is -1.97. The molecule has 6 nitrogen and oxygen atoms in total. The van der Waals surface area contributed by atoms with Gasteiger partial charge < -0.3 is 9.72 Å². The lowest BCUT2D eigenvalue weighted by atomic mass is 10.3. The third-order valence-electron chi connectivity index (χ3n) is 3.03. The van der Waals surface area contributed by atoms with Gasteiger partial charge in [-0.1, -0.05) is 18.2 Å². The van der Waals surface area contributed by atoms with E-state index in [0.717, 1.165) is 17.1 Å². The number of H-pyrrole nitrogens is 1. The van der Waals surface area contributed by atoms with Crippen molar-refractivity contribution in [1.82, 2.24) is 4.98 Å². The maximum absolute atomic E-state index is 5.10. The fourth-order valence-corrected chi connectivity index (χ4v) is 1.86. The van der Waals surface area contributed by atoms with E-state index in [4.69, 9.17) is 4.74 Å². The van der Waals surface area contributed by atoms with Gasteiger partial charge >= 0.3 is 0 Å². The van der Waals surface area contributed by atoms with Crippen LogP contribution in [-0.2, 0) is 0 Å². The molecule has 3 aromatic rings. The summed E-state index contributed by atoms with van der Waals surface area (Å²) in [6, 6.07) is 20.5. The molecule has 114 valence electrons. The number of nitrogens with one attached hydrogen (secondary N) is 1. The summed E-state index contributed by atoms with van der Waals surface area (Å²) >= 11 is 0. The first kappa shape index (κ1) is 14.6. The molecule has 0 atom stereocenters. The first-order valence-corrected chi connectivity index (χ1v) is 7.05. The molecule has 0 aliphatic carbocycles. The van der Waals surface area contributed by atoms with E-state index < -0.39 is 0 Å². The minimum absolute atomic E-state index is 0.614. The molecule has 0 bridgehead atoms. The monoisotopic (exact) mass is 305 g/mol. The standard InChI is InChI=1S/C17H15N5O/c1-23-15-9-7-14(8-10-15)20-22-17-12-11-16(18-17)21-19-13-5-3-2-4-6-13/h2-12,18H,1H3. The zero-order valence-corrected chi connectivity index (χ0v) is 12.5. The quantitative estimate of drug-likeness (QED) is 0.589. The second-order valence-electron chi connectivity index (χ2n) is 4.66. The van der Waals surface area contributed by atoms with E-state index in [-0.39, 0.29) is 0 Å². The Bertz CT molecular complexity index is 807. The fraction of sp³-hybridized carbons (Fsp3) is 0.0588. The Morgan fingerprint density at radius 1 is 0.652 bits per heavy atom. The number of hydrogen-bond acceptors (Lipinski definition) is 5. The molecular weight excluding hydrogens is 290 g/mol. The van der Waals surface area contributed by atoms with Gasteiger partial charge in [0, 0.05) is 0 Å². The summed E-state index contributed by atoms with van der Waals surface area (Å²) in [5, 5.41) is 16.5. The second-order valence-corrected chi connectivity index (χ2v) is 4.66. The van der Waals surface area contributed by atoms with Crippen molar-refractivity contribution in [3.05, 3.63) is 66.7 Å². The van der Waals surface area contributed by atoms with Crippen molar-refractivity contribution < 1.29 is 4.74 Å². The summed E-state index contributed by atoms with van der Waals surface area (Å²) < 4.78 is 5.10. The van der Waals surface area contributed by atoms with Crippen LogP contribution in [0.1, 0.15) is 0 Å². The van der Waals surface area contributed by atoms with Gasteiger partial charge in [-0.25, -0.2) is 0 Å². The van der Waals surface area contributed by atoms with Crippen LogP contribution in [0.15, 0.2) is 87.2 Å². The van der Waals surface area contributed by atoms with Crippen LogP contribution in [0, 0.1) is 0 Å². The van der Waals surface area contributed by atoms with Crippen molar-refractivity contribution in [2.24, 2.45) is 20.5 Å². The van der Waals surface area contributed by atoms with Gasteiger partial charge in [-0.05, 0) is 48.5 Å². The highest BCUT2D eigenvalue weighted by molar-refractivity contribution is 5.44. The molecule has 0 unspecified atom stereocenters. The molecule has 0 aliphatic heterocycles. The highest BCUT2D eigenvalue weighted by atomic mass is 16.5. The molecule has 1 aromatic heterocycles. The predicted molar refractivity (Wildman–Crippen MR) is 88.6 cm³/mol. The Labute approximate surface area is 133 Å². The second kappa shape index (κ2) is 7.13. The first-order chi connectivity index (χ1) is 11.3. The van der Waals surface area contributed by atoms with Gasteiger partial charge in [-0.3, -0.25) is 0 Å². The Hall–Kier alpha value is -3.28. The Morgan fingerprint density at radius 2 is 1.22 bits per heavy atom. The summed E-state index contributed by atoms with van der Waals surface area (Å²) in [5.74, 6) is 2.02. The number of methoxy groups -OCH3 is 1. The molecule has 23 heavy (non-hydrogen) atoms. The van der Waals surface area contributed by atoms with Crippen LogP contribution >= 0.6 is 0 Å². The van der Waals surface area contributed by atoms with Crippen LogP contribution in [0.2, 0.25) is 0 Å². The number of ether oxygens (including phenoxy) is 1. The molecule has 0 saturated carbocycles. The minimum Gasteiger partial charge on any atom is -0.497 e. The number of nitrogens with zero attached hydrogens (tertiary/aromatic N) is 4. The minimum atomic E-state index is 0.614. The summed E-state index contributed by atoms with van der Waals surface area (Å²) in [4.78, 5) is 3.03. The summed E-state index contributed by atoms with van der Waals surface area (Å²) in [5.41, 5.74) is 1.54. The average Bonchev–Trinajstić information content (AvgIpc) is 3.07. The van der Waals surface area contributed by atoms with Gasteiger partial charge in [0.2, 0.25) is 0 Å². The molecule has 3 rings (SSSR count). The van der Waals surface area contributed by atoms with Crippen molar-refractivity contribution in [1.29, 1.82) is 0 Å². The molecule has 0 spiro atoms. The normalized spacial score (nSPS) is 11.3. The fourth-order valence-electron chi connectivity index (χ4n) is 1.86. The van der Waals surface area contributed by atoms with E-state index in [1.807, 2.05) is 54.6 Å². The molecule has 2 aromatic carbocycles. The molecule has 1 N–H and O–H groups in total. The van der Waals surface area contributed by atoms with E-state index in [9.17, 15) is 0 Å². The molecule has 0 aliphatic rings. The van der Waals surface area contributed by atoms with E-state index in [2.05, 4.69) is 25.4 Å². The maximum atomic E-state index is 5.10. The molecule has 6 heteroatoms. The summed E-state index contributed by atoms with van der Waals surface area (Å²) in [6.07, 6.45) is 0. The Balaban J connectivity index is 1.66. The zero-order valence-electron chi connectivity index (χ0n) is 12.5. The predicted octanol–water partition coefficient (Wildman–Crippen LogP) is 5.85. The lowest BCUT2D eigenvalue weighted by molar-refractivity contribution is 0.415. The first-order valence-electron chi connectivity index (χ1n) is 7.05. The number of rotatable bonds is 5. The topological polar surface area (TPSA) is 74.5 Å². The lowest BCUT2D eigenvalue weighted by Crippen LogP contribution is -1.79. The number of benzene rings is 2. The van der Waals surface area contributed by atoms with Crippen molar-refractivity contribution in [2.45, 2.75) is 0 Å². The van der Waals surface area contributed by atoms with Crippen LogP contribution in [0.4, 0.5) is 23.0 Å². The average molecular weight is 305 g/mol. The number of aromatic amines is 1. The Morgan fingerprint density at radius 3 is 1.78 bits per heavy atom. The van der Waals surface area contributed by atoms with Crippen LogP contribution < -0.4 is 4.74 Å². The van der Waals surface area contributed by atoms with Gasteiger partial charge in [0.1, 0.15) is 5.75 Å². The molecular formula is C17H15N5O. The van der Waals surface area contributed by atoms with Crippen LogP contribution in [0.25, 0.3) is 0 Å². The van der Waals surface area contributed by atoms with Gasteiger partial charge in [0.15, 0.2) is 11.6 Å². The molecule has 0 amide bonds. The van der Waals surface area contributed by atoms with Crippen LogP contribution in [-0.4, -0.2) is 12.1 Å². The van der Waals surface area contributed by atoms with Crippen LogP contribution in [0.3, 0.4) is 0 Å². The van der Waals surface area contributed by atoms with Crippen molar-refractivity contribution >= 4 is 23.0 Å². The third kappa shape index (κ3) is 4.10. The highest BCUT2D eigenvalue weighted by Crippen LogP contribution is 2.23. The van der Waals surface area contributed by atoms with Gasteiger partial charge in [-0.2, -0.15) is 0 Å². The summed E-state index contributed by atoms with van der Waals surface area (Å²) in [6.45, 7) is 0. The van der Waals surface area contributed by atoms with Gasteiger partial charge in [0.05, 0.1) is 18.5 Å². The van der Waals surface area contributed by atoms with E-state index in [0.29, 0.717) is 11.6 Å². The summed E-state index contributed by atoms with van der Waals surface area (Å²) in [7, 11) is 1.63. The zero-order chi connectivity index (χ0) is 15.9. The highest BCUT2D eigenvalue weighted by Gasteiger charge is 1.97. The number of azo groups is 2. The Kier molecular flexibility index (Phi) is 4.54.